The molecule has 12 heavy (non-hydrogen) atoms. The van der Waals surface area contributed by atoms with Gasteiger partial charge in [-0.3, -0.25) is 0 Å². The van der Waals surface area contributed by atoms with Gasteiger partial charge in [-0.25, -0.2) is 0 Å². The van der Waals surface area contributed by atoms with Crippen molar-refractivity contribution in [3.05, 3.63) is 0 Å². The molecule has 2 nitrogen and oxygen atoms in total. The smallest absolute Gasteiger partial charge is 0.0733 e. The highest BCUT2D eigenvalue weighted by Gasteiger charge is 2.30. The molecule has 0 aromatic heterocycles. The maximum atomic E-state index is 8.79. The molecule has 0 N–H and O–H groups in total. The molecule has 0 amide bonds. The van der Waals surface area contributed by atoms with E-state index in [2.05, 4.69) is 6.07 Å². The fourth-order valence-electron chi connectivity index (χ4n) is 1.82. The van der Waals surface area contributed by atoms with Crippen LogP contribution in [0.15, 0.2) is 0 Å². The first-order valence-corrected chi connectivity index (χ1v) is 4.91. The van der Waals surface area contributed by atoms with Gasteiger partial charge in [0.2, 0.25) is 0 Å². The van der Waals surface area contributed by atoms with Crippen LogP contribution < -0.4 is 0 Å². The van der Waals surface area contributed by atoms with Crippen LogP contribution in [0, 0.1) is 23.2 Å². The van der Waals surface area contributed by atoms with E-state index < -0.39 is 0 Å². The Labute approximate surface area is 73.5 Å². The molecule has 2 heteroatoms. The van der Waals surface area contributed by atoms with Crippen molar-refractivity contribution in [3.63, 3.8) is 0 Å². The Kier molecular flexibility index (Phi) is 2.32. The Morgan fingerprint density at radius 1 is 1.25 bits per heavy atom. The third-order valence-electron chi connectivity index (χ3n) is 2.86. The maximum Gasteiger partial charge on any atom is 0.0733 e. The summed E-state index contributed by atoms with van der Waals surface area (Å²) in [5, 5.41) is 8.79. The summed E-state index contributed by atoms with van der Waals surface area (Å²) in [5.74, 6) is 1.01. The van der Waals surface area contributed by atoms with E-state index in [-0.39, 0.29) is 12.0 Å². The van der Waals surface area contributed by atoms with Crippen molar-refractivity contribution >= 4 is 0 Å². The molecule has 0 aromatic carbocycles. The third kappa shape index (κ3) is 1.78. The second kappa shape index (κ2) is 3.45. The van der Waals surface area contributed by atoms with Crippen LogP contribution in [-0.4, -0.2) is 12.7 Å². The summed E-state index contributed by atoms with van der Waals surface area (Å²) in [6.45, 7) is 0.906. The van der Waals surface area contributed by atoms with Crippen molar-refractivity contribution in [1.82, 2.24) is 0 Å². The van der Waals surface area contributed by atoms with Crippen LogP contribution in [-0.2, 0) is 4.74 Å². The van der Waals surface area contributed by atoms with Gasteiger partial charge < -0.3 is 4.74 Å². The number of rotatable bonds is 3. The Bertz CT molecular complexity index is 193. The summed E-state index contributed by atoms with van der Waals surface area (Å²) in [5.41, 5.74) is 0. The SMILES string of the molecule is N#CC1CCCC1OCC1CC1. The molecule has 0 radical (unpaired) electrons. The minimum absolute atomic E-state index is 0.184. The van der Waals surface area contributed by atoms with Gasteiger partial charge in [-0.1, -0.05) is 0 Å². The predicted molar refractivity (Wildman–Crippen MR) is 45.4 cm³/mol. The van der Waals surface area contributed by atoms with Crippen LogP contribution in [0.1, 0.15) is 32.1 Å². The first-order valence-electron chi connectivity index (χ1n) is 4.91. The number of nitrogens with zero attached hydrogens (tertiary/aromatic N) is 1. The fraction of sp³-hybridized carbons (Fsp3) is 0.900. The standard InChI is InChI=1S/C10H15NO/c11-6-9-2-1-3-10(9)12-7-8-4-5-8/h8-10H,1-5,7H2. The molecule has 0 saturated heterocycles. The lowest BCUT2D eigenvalue weighted by Gasteiger charge is -2.13. The van der Waals surface area contributed by atoms with Crippen LogP contribution in [0.2, 0.25) is 0 Å². The Hall–Kier alpha value is -0.550. The summed E-state index contributed by atoms with van der Waals surface area (Å²) in [6.07, 6.45) is 6.26. The van der Waals surface area contributed by atoms with Crippen molar-refractivity contribution in [2.75, 3.05) is 6.61 Å². The predicted octanol–water partition coefficient (Wildman–Crippen LogP) is 2.11. The molecule has 2 fully saturated rings. The van der Waals surface area contributed by atoms with Crippen LogP contribution in [0.5, 0.6) is 0 Å². The number of hydrogen-bond acceptors (Lipinski definition) is 2. The van der Waals surface area contributed by atoms with Gasteiger partial charge in [0.25, 0.3) is 0 Å². The summed E-state index contributed by atoms with van der Waals surface area (Å²) in [4.78, 5) is 0. The number of ether oxygens (including phenoxy) is 1. The molecule has 2 unspecified atom stereocenters. The van der Waals surface area contributed by atoms with Gasteiger partial charge in [-0.05, 0) is 38.0 Å². The first kappa shape index (κ1) is 8.07. The maximum absolute atomic E-state index is 8.79. The van der Waals surface area contributed by atoms with Crippen molar-refractivity contribution in [1.29, 1.82) is 5.26 Å². The molecule has 0 aliphatic heterocycles. The van der Waals surface area contributed by atoms with Gasteiger partial charge >= 0.3 is 0 Å². The second-order valence-electron chi connectivity index (χ2n) is 3.98. The van der Waals surface area contributed by atoms with Gasteiger partial charge in [0.15, 0.2) is 0 Å². The third-order valence-corrected chi connectivity index (χ3v) is 2.86. The average molecular weight is 165 g/mol. The average Bonchev–Trinajstić information content (AvgIpc) is 2.81. The second-order valence-corrected chi connectivity index (χ2v) is 3.98. The highest BCUT2D eigenvalue weighted by molar-refractivity contribution is 4.93. The van der Waals surface area contributed by atoms with Crippen LogP contribution in [0.4, 0.5) is 0 Å². The number of hydrogen-bond donors (Lipinski definition) is 0. The van der Waals surface area contributed by atoms with Gasteiger partial charge in [-0.15, -0.1) is 0 Å². The highest BCUT2D eigenvalue weighted by Crippen LogP contribution is 2.33. The van der Waals surface area contributed by atoms with E-state index in [1.165, 1.54) is 19.3 Å². The van der Waals surface area contributed by atoms with Gasteiger partial charge in [0, 0.05) is 6.61 Å². The minimum Gasteiger partial charge on any atom is -0.377 e. The minimum atomic E-state index is 0.184. The van der Waals surface area contributed by atoms with E-state index in [9.17, 15) is 0 Å². The van der Waals surface area contributed by atoms with Crippen LogP contribution >= 0.6 is 0 Å². The van der Waals surface area contributed by atoms with Crippen molar-refractivity contribution in [3.8, 4) is 6.07 Å². The molecule has 66 valence electrons. The molecule has 0 aromatic rings. The fourth-order valence-corrected chi connectivity index (χ4v) is 1.82. The molecule has 0 bridgehead atoms. The van der Waals surface area contributed by atoms with E-state index in [1.54, 1.807) is 0 Å². The summed E-state index contributed by atoms with van der Waals surface area (Å²) in [7, 11) is 0. The molecule has 0 heterocycles. The number of nitriles is 1. The Morgan fingerprint density at radius 2 is 2.08 bits per heavy atom. The van der Waals surface area contributed by atoms with Crippen molar-refractivity contribution < 1.29 is 4.74 Å². The van der Waals surface area contributed by atoms with Crippen LogP contribution in [0.25, 0.3) is 0 Å². The van der Waals surface area contributed by atoms with Gasteiger partial charge in [0.1, 0.15) is 0 Å². The molecule has 2 aliphatic carbocycles. The molecular weight excluding hydrogens is 150 g/mol. The lowest BCUT2D eigenvalue weighted by atomic mass is 10.1. The van der Waals surface area contributed by atoms with E-state index in [0.29, 0.717) is 0 Å². The normalized spacial score (nSPS) is 34.9. The van der Waals surface area contributed by atoms with Crippen molar-refractivity contribution in [2.45, 2.75) is 38.2 Å². The lowest BCUT2D eigenvalue weighted by molar-refractivity contribution is 0.0345. The topological polar surface area (TPSA) is 33.0 Å². The summed E-state index contributed by atoms with van der Waals surface area (Å²) < 4.78 is 5.71. The largest absolute Gasteiger partial charge is 0.377 e. The molecular formula is C10H15NO. The Morgan fingerprint density at radius 3 is 2.75 bits per heavy atom. The first-order chi connectivity index (χ1) is 5.90. The quantitative estimate of drug-likeness (QED) is 0.641. The zero-order valence-corrected chi connectivity index (χ0v) is 7.33. The van der Waals surface area contributed by atoms with E-state index >= 15 is 0 Å². The van der Waals surface area contributed by atoms with Gasteiger partial charge in [-0.2, -0.15) is 5.26 Å². The monoisotopic (exact) mass is 165 g/mol. The van der Waals surface area contributed by atoms with Gasteiger partial charge in [0.05, 0.1) is 18.1 Å². The van der Waals surface area contributed by atoms with E-state index in [4.69, 9.17) is 10.00 Å². The zero-order chi connectivity index (χ0) is 8.39. The molecule has 2 atom stereocenters. The van der Waals surface area contributed by atoms with Crippen molar-refractivity contribution in [2.24, 2.45) is 11.8 Å². The molecule has 2 aliphatic rings. The molecule has 2 saturated carbocycles. The van der Waals surface area contributed by atoms with E-state index in [0.717, 1.165) is 25.4 Å². The molecule has 2 rings (SSSR count). The highest BCUT2D eigenvalue weighted by atomic mass is 16.5. The zero-order valence-electron chi connectivity index (χ0n) is 7.33. The Balaban J connectivity index is 1.74. The van der Waals surface area contributed by atoms with Crippen LogP contribution in [0.3, 0.4) is 0 Å². The summed E-state index contributed by atoms with van der Waals surface area (Å²) in [6, 6.07) is 2.33. The lowest BCUT2D eigenvalue weighted by Crippen LogP contribution is -2.18. The summed E-state index contributed by atoms with van der Waals surface area (Å²) >= 11 is 0. The van der Waals surface area contributed by atoms with E-state index in [1.807, 2.05) is 0 Å². The molecule has 0 spiro atoms.